The van der Waals surface area contributed by atoms with E-state index < -0.39 is 10.0 Å². The molecule has 3 aromatic rings. The zero-order chi connectivity index (χ0) is 15.7. The van der Waals surface area contributed by atoms with Crippen LogP contribution in [-0.2, 0) is 10.0 Å². The van der Waals surface area contributed by atoms with E-state index in [2.05, 4.69) is 4.98 Å². The number of fused-ring (bicyclic) bond motifs is 1. The number of benzene rings is 2. The average Bonchev–Trinajstić information content (AvgIpc) is 2.54. The molecule has 2 N–H and O–H groups in total. The molecule has 0 atom stereocenters. The number of hydrazine groups is 1. The molecule has 0 unspecified atom stereocenters. The van der Waals surface area contributed by atoms with Gasteiger partial charge >= 0.3 is 0 Å². The molecule has 0 aliphatic carbocycles. The lowest BCUT2D eigenvalue weighted by atomic mass is 10.2. The number of hydrogen-bond acceptors (Lipinski definition) is 4. The molecule has 2 aromatic carbocycles. The number of pyridine rings is 1. The maximum Gasteiger partial charge on any atom is 0.279 e. The number of anilines is 1. The summed E-state index contributed by atoms with van der Waals surface area (Å²) >= 11 is 5.98. The number of rotatable bonds is 3. The van der Waals surface area contributed by atoms with Crippen LogP contribution in [0.15, 0.2) is 65.7 Å². The molecule has 0 fully saturated rings. The van der Waals surface area contributed by atoms with Crippen molar-refractivity contribution in [3.05, 3.63) is 65.8 Å². The van der Waals surface area contributed by atoms with Gasteiger partial charge < -0.3 is 0 Å². The van der Waals surface area contributed by atoms with E-state index in [1.54, 1.807) is 36.5 Å². The number of aromatic nitrogens is 1. The minimum Gasteiger partial charge on any atom is -0.254 e. The summed E-state index contributed by atoms with van der Waals surface area (Å²) in [5.41, 5.74) is 0.793. The Morgan fingerprint density at radius 3 is 2.50 bits per heavy atom. The highest BCUT2D eigenvalue weighted by Crippen LogP contribution is 2.29. The monoisotopic (exact) mass is 333 g/mol. The Morgan fingerprint density at radius 1 is 1.00 bits per heavy atom. The highest BCUT2D eigenvalue weighted by atomic mass is 35.5. The van der Waals surface area contributed by atoms with Crippen LogP contribution in [0.5, 0.6) is 0 Å². The first-order valence-electron chi connectivity index (χ1n) is 6.40. The largest absolute Gasteiger partial charge is 0.279 e. The summed E-state index contributed by atoms with van der Waals surface area (Å²) in [6.07, 6.45) is 1.59. The number of sulfonamides is 1. The lowest BCUT2D eigenvalue weighted by Gasteiger charge is -2.20. The van der Waals surface area contributed by atoms with E-state index in [0.717, 1.165) is 5.39 Å². The molecule has 1 heterocycles. The Kier molecular flexibility index (Phi) is 3.74. The topological polar surface area (TPSA) is 76.3 Å². The fourth-order valence-electron chi connectivity index (χ4n) is 2.16. The highest BCUT2D eigenvalue weighted by molar-refractivity contribution is 7.92. The third-order valence-corrected chi connectivity index (χ3v) is 5.29. The van der Waals surface area contributed by atoms with E-state index in [1.807, 2.05) is 12.1 Å². The smallest absolute Gasteiger partial charge is 0.254 e. The van der Waals surface area contributed by atoms with Crippen molar-refractivity contribution < 1.29 is 8.42 Å². The normalized spacial score (nSPS) is 11.5. The lowest BCUT2D eigenvalue weighted by Crippen LogP contribution is -2.37. The first-order chi connectivity index (χ1) is 10.5. The van der Waals surface area contributed by atoms with Crippen molar-refractivity contribution >= 4 is 38.2 Å². The van der Waals surface area contributed by atoms with Crippen LogP contribution in [0.4, 0.5) is 5.69 Å². The summed E-state index contributed by atoms with van der Waals surface area (Å²) in [7, 11) is -3.98. The van der Waals surface area contributed by atoms with E-state index in [9.17, 15) is 8.42 Å². The third-order valence-electron chi connectivity index (χ3n) is 3.22. The molecule has 0 saturated carbocycles. The molecule has 0 spiro atoms. The molecule has 0 radical (unpaired) electrons. The third kappa shape index (κ3) is 2.41. The number of nitrogens with zero attached hydrogens (tertiary/aromatic N) is 2. The second-order valence-electron chi connectivity index (χ2n) is 4.58. The van der Waals surface area contributed by atoms with Gasteiger partial charge in [0, 0.05) is 11.6 Å². The molecule has 1 aromatic heterocycles. The van der Waals surface area contributed by atoms with Crippen LogP contribution in [0.1, 0.15) is 0 Å². The standard InChI is InChI=1S/C15H12ClN3O2S/c16-12-7-1-2-9-14(12)22(20,21)19(17)13-8-3-5-11-6-4-10-18-15(11)13/h1-10H,17H2. The Balaban J connectivity index is 2.17. The minimum absolute atomic E-state index is 0.0490. The van der Waals surface area contributed by atoms with Gasteiger partial charge in [0.05, 0.1) is 16.2 Å². The summed E-state index contributed by atoms with van der Waals surface area (Å²) in [6.45, 7) is 0. The first kappa shape index (κ1) is 14.8. The van der Waals surface area contributed by atoms with Gasteiger partial charge in [-0.3, -0.25) is 4.98 Å². The van der Waals surface area contributed by atoms with Crippen LogP contribution >= 0.6 is 11.6 Å². The quantitative estimate of drug-likeness (QED) is 0.590. The van der Waals surface area contributed by atoms with Crippen molar-refractivity contribution in [2.45, 2.75) is 4.90 Å². The van der Waals surface area contributed by atoms with Crippen molar-refractivity contribution in [3.8, 4) is 0 Å². The van der Waals surface area contributed by atoms with Crippen molar-refractivity contribution in [2.75, 3.05) is 4.41 Å². The Labute approximate surface area is 133 Å². The number of hydrogen-bond donors (Lipinski definition) is 1. The average molecular weight is 334 g/mol. The minimum atomic E-state index is -3.98. The van der Waals surface area contributed by atoms with Crippen LogP contribution < -0.4 is 10.3 Å². The Bertz CT molecular complexity index is 939. The van der Waals surface area contributed by atoms with E-state index in [1.165, 1.54) is 12.1 Å². The number of halogens is 1. The summed E-state index contributed by atoms with van der Waals surface area (Å²) < 4.78 is 26.1. The Morgan fingerprint density at radius 2 is 1.73 bits per heavy atom. The number of nitrogens with two attached hydrogens (primary N) is 1. The van der Waals surface area contributed by atoms with Crippen LogP contribution in [0, 0.1) is 0 Å². The molecule has 0 aliphatic heterocycles. The zero-order valence-electron chi connectivity index (χ0n) is 11.3. The van der Waals surface area contributed by atoms with E-state index >= 15 is 0 Å². The summed E-state index contributed by atoms with van der Waals surface area (Å²) in [6, 6.07) is 14.9. The van der Waals surface area contributed by atoms with Gasteiger partial charge in [0.1, 0.15) is 4.90 Å². The SMILES string of the molecule is NN(c1cccc2cccnc12)S(=O)(=O)c1ccccc1Cl. The maximum atomic E-state index is 12.7. The maximum absolute atomic E-state index is 12.7. The molecule has 112 valence electrons. The first-order valence-corrected chi connectivity index (χ1v) is 8.22. The second-order valence-corrected chi connectivity index (χ2v) is 6.77. The van der Waals surface area contributed by atoms with Gasteiger partial charge in [-0.25, -0.2) is 5.84 Å². The van der Waals surface area contributed by atoms with Crippen LogP contribution in [-0.4, -0.2) is 13.4 Å². The van der Waals surface area contributed by atoms with Crippen molar-refractivity contribution in [1.29, 1.82) is 0 Å². The number of para-hydroxylation sites is 1. The van der Waals surface area contributed by atoms with Gasteiger partial charge in [-0.05, 0) is 24.3 Å². The molecular weight excluding hydrogens is 322 g/mol. The van der Waals surface area contributed by atoms with Crippen LogP contribution in [0.3, 0.4) is 0 Å². The van der Waals surface area contributed by atoms with Gasteiger partial charge in [-0.1, -0.05) is 41.9 Å². The molecule has 7 heteroatoms. The highest BCUT2D eigenvalue weighted by Gasteiger charge is 2.26. The Hall–Kier alpha value is -2.15. The fraction of sp³-hybridized carbons (Fsp3) is 0. The van der Waals surface area contributed by atoms with E-state index in [-0.39, 0.29) is 15.6 Å². The van der Waals surface area contributed by atoms with Gasteiger partial charge in [0.2, 0.25) is 0 Å². The van der Waals surface area contributed by atoms with Gasteiger partial charge in [0.15, 0.2) is 0 Å². The summed E-state index contributed by atoms with van der Waals surface area (Å²) in [5.74, 6) is 5.89. The van der Waals surface area contributed by atoms with Crippen molar-refractivity contribution in [2.24, 2.45) is 5.84 Å². The van der Waals surface area contributed by atoms with Crippen molar-refractivity contribution in [3.63, 3.8) is 0 Å². The molecule has 5 nitrogen and oxygen atoms in total. The molecule has 3 rings (SSSR count). The molecule has 22 heavy (non-hydrogen) atoms. The summed E-state index contributed by atoms with van der Waals surface area (Å²) in [5, 5.41) is 0.913. The van der Waals surface area contributed by atoms with E-state index in [4.69, 9.17) is 17.4 Å². The summed E-state index contributed by atoms with van der Waals surface area (Å²) in [4.78, 5) is 4.16. The molecule has 0 amide bonds. The van der Waals surface area contributed by atoms with Gasteiger partial charge in [-0.2, -0.15) is 12.8 Å². The van der Waals surface area contributed by atoms with Crippen LogP contribution in [0.25, 0.3) is 10.9 Å². The van der Waals surface area contributed by atoms with Gasteiger partial charge in [0.25, 0.3) is 10.0 Å². The van der Waals surface area contributed by atoms with Crippen LogP contribution in [0.2, 0.25) is 5.02 Å². The second kappa shape index (κ2) is 5.57. The lowest BCUT2D eigenvalue weighted by molar-refractivity contribution is 0.592. The van der Waals surface area contributed by atoms with Gasteiger partial charge in [-0.15, -0.1) is 0 Å². The predicted octanol–water partition coefficient (Wildman–Crippen LogP) is 2.96. The van der Waals surface area contributed by atoms with Crippen molar-refractivity contribution in [1.82, 2.24) is 4.98 Å². The molecule has 0 bridgehead atoms. The van der Waals surface area contributed by atoms with E-state index in [0.29, 0.717) is 9.93 Å². The molecular formula is C15H12ClN3O2S. The predicted molar refractivity (Wildman–Crippen MR) is 87.0 cm³/mol. The fourth-order valence-corrected chi connectivity index (χ4v) is 3.77. The zero-order valence-corrected chi connectivity index (χ0v) is 12.9. The molecule has 0 saturated heterocycles. The molecule has 0 aliphatic rings.